The minimum atomic E-state index is -0.812. The lowest BCUT2D eigenvalue weighted by atomic mass is 10.0. The first kappa shape index (κ1) is 16.7. The van der Waals surface area contributed by atoms with E-state index in [1.807, 2.05) is 23.1 Å². The number of allylic oxidation sites excluding steroid dienone is 1. The summed E-state index contributed by atoms with van der Waals surface area (Å²) in [5.74, 6) is -0.871. The van der Waals surface area contributed by atoms with Crippen molar-refractivity contribution in [1.82, 2.24) is 9.80 Å². The van der Waals surface area contributed by atoms with E-state index in [4.69, 9.17) is 0 Å². The van der Waals surface area contributed by atoms with Crippen LogP contribution in [0.4, 0.5) is 0 Å². The van der Waals surface area contributed by atoms with Crippen LogP contribution >= 0.6 is 0 Å². The summed E-state index contributed by atoms with van der Waals surface area (Å²) in [7, 11) is 0. The molecule has 1 aromatic rings. The fourth-order valence-corrected chi connectivity index (χ4v) is 3.74. The SMILES string of the molecule is O=C1N=CC=CC1C(=O)N1CCN(C(=O)C2CC2c2ccccc2)CC1. The number of carbonyl (C=O) groups excluding carboxylic acids is 3. The number of dihydropyridines is 1. The Morgan fingerprint density at radius 2 is 1.62 bits per heavy atom. The zero-order valence-corrected chi connectivity index (χ0v) is 14.5. The van der Waals surface area contributed by atoms with Crippen molar-refractivity contribution in [2.75, 3.05) is 26.2 Å². The molecule has 2 fully saturated rings. The minimum Gasteiger partial charge on any atom is -0.339 e. The predicted octanol–water partition coefficient (Wildman–Crippen LogP) is 1.24. The molecule has 134 valence electrons. The van der Waals surface area contributed by atoms with E-state index in [-0.39, 0.29) is 17.7 Å². The van der Waals surface area contributed by atoms with E-state index in [9.17, 15) is 14.4 Å². The lowest BCUT2D eigenvalue weighted by Crippen LogP contribution is -2.53. The van der Waals surface area contributed by atoms with Gasteiger partial charge in [-0.25, -0.2) is 4.99 Å². The van der Waals surface area contributed by atoms with Crippen LogP contribution in [0.1, 0.15) is 17.9 Å². The molecule has 0 bridgehead atoms. The van der Waals surface area contributed by atoms with Crippen molar-refractivity contribution in [3.63, 3.8) is 0 Å². The number of aliphatic imine (C=N–C) groups is 1. The van der Waals surface area contributed by atoms with Gasteiger partial charge in [0.2, 0.25) is 11.8 Å². The van der Waals surface area contributed by atoms with Gasteiger partial charge in [-0.1, -0.05) is 36.4 Å². The van der Waals surface area contributed by atoms with Gasteiger partial charge in [0.25, 0.3) is 5.91 Å². The summed E-state index contributed by atoms with van der Waals surface area (Å²) < 4.78 is 0. The predicted molar refractivity (Wildman–Crippen MR) is 96.6 cm³/mol. The van der Waals surface area contributed by atoms with E-state index >= 15 is 0 Å². The van der Waals surface area contributed by atoms with E-state index in [0.29, 0.717) is 32.1 Å². The number of rotatable bonds is 3. The number of hydrogen-bond donors (Lipinski definition) is 0. The van der Waals surface area contributed by atoms with Crippen LogP contribution < -0.4 is 0 Å². The maximum absolute atomic E-state index is 12.7. The van der Waals surface area contributed by atoms with E-state index in [1.54, 1.807) is 17.1 Å². The van der Waals surface area contributed by atoms with Crippen LogP contribution in [0.25, 0.3) is 0 Å². The standard InChI is InChI=1S/C20H21N3O3/c24-18-15(7-4-8-21-18)19(25)22-9-11-23(12-10-22)20(26)17-13-16(17)14-5-2-1-3-6-14/h1-8,15-17H,9-13H2. The number of amides is 3. The third-order valence-corrected chi connectivity index (χ3v) is 5.36. The lowest BCUT2D eigenvalue weighted by Gasteiger charge is -2.36. The molecule has 3 aliphatic rings. The molecule has 3 unspecified atom stereocenters. The Morgan fingerprint density at radius 1 is 0.962 bits per heavy atom. The Labute approximate surface area is 152 Å². The van der Waals surface area contributed by atoms with Gasteiger partial charge in [-0.2, -0.15) is 0 Å². The number of nitrogens with zero attached hydrogens (tertiary/aromatic N) is 3. The van der Waals surface area contributed by atoms with Crippen molar-refractivity contribution in [2.24, 2.45) is 16.8 Å². The van der Waals surface area contributed by atoms with Crippen molar-refractivity contribution in [2.45, 2.75) is 12.3 Å². The number of piperazine rings is 1. The normalized spacial score (nSPS) is 27.5. The van der Waals surface area contributed by atoms with Gasteiger partial charge in [0.05, 0.1) is 0 Å². The maximum Gasteiger partial charge on any atom is 0.262 e. The summed E-state index contributed by atoms with van der Waals surface area (Å²) in [5, 5.41) is 0. The summed E-state index contributed by atoms with van der Waals surface area (Å²) in [6.45, 7) is 1.98. The third-order valence-electron chi connectivity index (χ3n) is 5.36. The molecule has 1 saturated heterocycles. The van der Waals surface area contributed by atoms with Gasteiger partial charge >= 0.3 is 0 Å². The highest BCUT2D eigenvalue weighted by molar-refractivity contribution is 6.07. The summed E-state index contributed by atoms with van der Waals surface area (Å²) in [5.41, 5.74) is 1.22. The smallest absolute Gasteiger partial charge is 0.262 e. The molecule has 2 heterocycles. The molecule has 1 saturated carbocycles. The van der Waals surface area contributed by atoms with E-state index in [1.165, 1.54) is 11.8 Å². The Morgan fingerprint density at radius 3 is 2.27 bits per heavy atom. The fourth-order valence-electron chi connectivity index (χ4n) is 3.74. The first-order chi connectivity index (χ1) is 12.6. The lowest BCUT2D eigenvalue weighted by molar-refractivity contribution is -0.144. The molecule has 0 N–H and O–H groups in total. The molecule has 0 aromatic heterocycles. The molecule has 2 aliphatic heterocycles. The summed E-state index contributed by atoms with van der Waals surface area (Å²) in [6, 6.07) is 10.1. The highest BCUT2D eigenvalue weighted by atomic mass is 16.2. The van der Waals surface area contributed by atoms with Crippen molar-refractivity contribution >= 4 is 23.9 Å². The molecule has 3 atom stereocenters. The van der Waals surface area contributed by atoms with Crippen molar-refractivity contribution < 1.29 is 14.4 Å². The Hall–Kier alpha value is -2.76. The van der Waals surface area contributed by atoms with Crippen LogP contribution in [0.5, 0.6) is 0 Å². The van der Waals surface area contributed by atoms with Gasteiger partial charge < -0.3 is 9.80 Å². The molecular weight excluding hydrogens is 330 g/mol. The van der Waals surface area contributed by atoms with Gasteiger partial charge in [-0.05, 0) is 24.0 Å². The minimum absolute atomic E-state index is 0.0665. The zero-order chi connectivity index (χ0) is 18.1. The van der Waals surface area contributed by atoms with Crippen molar-refractivity contribution in [3.8, 4) is 0 Å². The molecule has 26 heavy (non-hydrogen) atoms. The second-order valence-electron chi connectivity index (χ2n) is 6.99. The molecule has 1 aromatic carbocycles. The average molecular weight is 351 g/mol. The average Bonchev–Trinajstić information content (AvgIpc) is 3.49. The largest absolute Gasteiger partial charge is 0.339 e. The monoisotopic (exact) mass is 351 g/mol. The summed E-state index contributed by atoms with van der Waals surface area (Å²) in [4.78, 5) is 44.2. The van der Waals surface area contributed by atoms with Crippen molar-refractivity contribution in [3.05, 3.63) is 48.0 Å². The molecule has 6 heteroatoms. The summed E-state index contributed by atoms with van der Waals surface area (Å²) >= 11 is 0. The molecule has 3 amide bonds. The van der Waals surface area contributed by atoms with Crippen LogP contribution in [0, 0.1) is 11.8 Å². The Balaban J connectivity index is 1.31. The number of carbonyl (C=O) groups is 3. The maximum atomic E-state index is 12.7. The second-order valence-corrected chi connectivity index (χ2v) is 6.99. The highest BCUT2D eigenvalue weighted by Crippen LogP contribution is 2.48. The van der Waals surface area contributed by atoms with E-state index in [0.717, 1.165) is 6.42 Å². The first-order valence-corrected chi connectivity index (χ1v) is 9.02. The van der Waals surface area contributed by atoms with Crippen molar-refractivity contribution in [1.29, 1.82) is 0 Å². The van der Waals surface area contributed by atoms with Gasteiger partial charge in [-0.15, -0.1) is 0 Å². The molecule has 0 radical (unpaired) electrons. The number of benzene rings is 1. The highest BCUT2D eigenvalue weighted by Gasteiger charge is 2.46. The van der Waals surface area contributed by atoms with Crippen LogP contribution in [-0.4, -0.2) is 59.9 Å². The van der Waals surface area contributed by atoms with E-state index in [2.05, 4.69) is 17.1 Å². The fraction of sp³-hybridized carbons (Fsp3) is 0.400. The Kier molecular flexibility index (Phi) is 4.41. The van der Waals surface area contributed by atoms with Gasteiger partial charge in [-0.3, -0.25) is 14.4 Å². The van der Waals surface area contributed by atoms with Gasteiger partial charge in [0, 0.05) is 38.3 Å². The van der Waals surface area contributed by atoms with Gasteiger partial charge in [0.1, 0.15) is 5.92 Å². The van der Waals surface area contributed by atoms with E-state index < -0.39 is 11.8 Å². The summed E-state index contributed by atoms with van der Waals surface area (Å²) in [6.07, 6.45) is 5.52. The molecular formula is C20H21N3O3. The molecule has 6 nitrogen and oxygen atoms in total. The molecule has 4 rings (SSSR count). The zero-order valence-electron chi connectivity index (χ0n) is 14.5. The van der Waals surface area contributed by atoms with Gasteiger partial charge in [0.15, 0.2) is 0 Å². The Bertz CT molecular complexity index is 779. The third kappa shape index (κ3) is 3.19. The van der Waals surface area contributed by atoms with Crippen LogP contribution in [0.3, 0.4) is 0 Å². The molecule has 0 spiro atoms. The number of hydrogen-bond acceptors (Lipinski definition) is 3. The molecule has 1 aliphatic carbocycles. The van der Waals surface area contributed by atoms with Crippen LogP contribution in [0.15, 0.2) is 47.5 Å². The van der Waals surface area contributed by atoms with Crippen LogP contribution in [0.2, 0.25) is 0 Å². The first-order valence-electron chi connectivity index (χ1n) is 9.02. The topological polar surface area (TPSA) is 70.1 Å². The second kappa shape index (κ2) is 6.86. The quantitative estimate of drug-likeness (QED) is 0.770. The van der Waals surface area contributed by atoms with Crippen LogP contribution in [-0.2, 0) is 14.4 Å².